The van der Waals surface area contributed by atoms with Gasteiger partial charge >= 0.3 is 5.97 Å². The van der Waals surface area contributed by atoms with Crippen LogP contribution in [-0.4, -0.2) is 56.5 Å². The molecule has 1 aliphatic heterocycles. The Labute approximate surface area is 121 Å². The van der Waals surface area contributed by atoms with E-state index in [1.807, 2.05) is 0 Å². The smallest absolute Gasteiger partial charge is 0.358 e. The molecule has 3 rings (SSSR count). The molecule has 1 aromatic heterocycles. The van der Waals surface area contributed by atoms with Crippen LogP contribution in [0.1, 0.15) is 42.2 Å². The molecule has 8 heteroatoms. The molecule has 1 aliphatic carbocycles. The zero-order valence-corrected chi connectivity index (χ0v) is 11.7. The van der Waals surface area contributed by atoms with Crippen molar-refractivity contribution in [2.75, 3.05) is 19.6 Å². The lowest BCUT2D eigenvalue weighted by molar-refractivity contribution is -0.141. The first-order valence-electron chi connectivity index (χ1n) is 7.16. The summed E-state index contributed by atoms with van der Waals surface area (Å²) in [4.78, 5) is 24.7. The number of carboxylic acids is 1. The van der Waals surface area contributed by atoms with Crippen LogP contribution in [-0.2, 0) is 4.79 Å². The number of amides is 1. The normalized spacial score (nSPS) is 20.7. The second-order valence-corrected chi connectivity index (χ2v) is 6.08. The number of nitrogens with two attached hydrogens (primary N) is 1. The van der Waals surface area contributed by atoms with E-state index >= 15 is 0 Å². The predicted octanol–water partition coefficient (Wildman–Crippen LogP) is -0.121. The van der Waals surface area contributed by atoms with Crippen LogP contribution in [0.25, 0.3) is 0 Å². The number of nitrogens with zero attached hydrogens (tertiary/aromatic N) is 4. The fourth-order valence-corrected chi connectivity index (χ4v) is 2.94. The Bertz CT molecular complexity index is 554. The second-order valence-electron chi connectivity index (χ2n) is 6.08. The van der Waals surface area contributed by atoms with Gasteiger partial charge in [0, 0.05) is 19.5 Å². The highest BCUT2D eigenvalue weighted by Gasteiger charge is 2.41. The van der Waals surface area contributed by atoms with Crippen LogP contribution >= 0.6 is 0 Å². The maximum absolute atomic E-state index is 12.2. The molecule has 0 bridgehead atoms. The number of aromatic carboxylic acids is 1. The highest BCUT2D eigenvalue weighted by molar-refractivity contribution is 5.84. The van der Waals surface area contributed by atoms with E-state index in [1.54, 1.807) is 4.90 Å². The van der Waals surface area contributed by atoms with E-state index in [0.717, 1.165) is 19.3 Å². The molecule has 1 amide bonds. The van der Waals surface area contributed by atoms with E-state index in [9.17, 15) is 9.59 Å². The number of hydrogen-bond donors (Lipinski definition) is 2. The van der Waals surface area contributed by atoms with Gasteiger partial charge in [-0.25, -0.2) is 9.48 Å². The summed E-state index contributed by atoms with van der Waals surface area (Å²) >= 11 is 0. The van der Waals surface area contributed by atoms with Crippen molar-refractivity contribution in [3.8, 4) is 0 Å². The lowest BCUT2D eigenvalue weighted by Crippen LogP contribution is -2.53. The first-order chi connectivity index (χ1) is 10.0. The van der Waals surface area contributed by atoms with Gasteiger partial charge in [-0.2, -0.15) is 0 Å². The number of carbonyl (C=O) groups excluding carboxylic acids is 1. The highest BCUT2D eigenvalue weighted by atomic mass is 16.4. The van der Waals surface area contributed by atoms with Crippen LogP contribution in [0, 0.1) is 5.41 Å². The number of rotatable bonds is 5. The maximum Gasteiger partial charge on any atom is 0.358 e. The Morgan fingerprint density at radius 1 is 1.43 bits per heavy atom. The monoisotopic (exact) mass is 293 g/mol. The number of likely N-dealkylation sites (tertiary alicyclic amines) is 1. The summed E-state index contributed by atoms with van der Waals surface area (Å²) in [6.45, 7) is 1.69. The Balaban J connectivity index is 1.53. The molecule has 21 heavy (non-hydrogen) atoms. The van der Waals surface area contributed by atoms with Gasteiger partial charge in [-0.15, -0.1) is 5.10 Å². The summed E-state index contributed by atoms with van der Waals surface area (Å²) in [7, 11) is 0. The minimum absolute atomic E-state index is 0.0183. The van der Waals surface area contributed by atoms with Crippen molar-refractivity contribution >= 4 is 11.9 Å². The lowest BCUT2D eigenvalue weighted by Gasteiger charge is -2.44. The molecule has 0 atom stereocenters. The first-order valence-corrected chi connectivity index (χ1v) is 7.16. The molecule has 2 fully saturated rings. The molecule has 0 unspecified atom stereocenters. The molecule has 1 aromatic rings. The van der Waals surface area contributed by atoms with Gasteiger partial charge in [0.05, 0.1) is 12.2 Å². The van der Waals surface area contributed by atoms with Crippen LogP contribution in [0.5, 0.6) is 0 Å². The van der Waals surface area contributed by atoms with Crippen LogP contribution in [0.15, 0.2) is 6.20 Å². The highest BCUT2D eigenvalue weighted by Crippen LogP contribution is 2.43. The van der Waals surface area contributed by atoms with Crippen molar-refractivity contribution in [3.05, 3.63) is 11.9 Å². The average molecular weight is 293 g/mol. The van der Waals surface area contributed by atoms with Gasteiger partial charge in [-0.1, -0.05) is 11.6 Å². The van der Waals surface area contributed by atoms with Crippen molar-refractivity contribution in [2.45, 2.75) is 31.7 Å². The third kappa shape index (κ3) is 2.51. The number of carbonyl (C=O) groups is 2. The van der Waals surface area contributed by atoms with Crippen LogP contribution in [0.2, 0.25) is 0 Å². The number of aromatic nitrogens is 3. The van der Waals surface area contributed by atoms with E-state index in [-0.39, 0.29) is 23.1 Å². The van der Waals surface area contributed by atoms with E-state index in [2.05, 4.69) is 10.3 Å². The van der Waals surface area contributed by atoms with Crippen LogP contribution in [0.4, 0.5) is 0 Å². The Kier molecular flexibility index (Phi) is 3.40. The van der Waals surface area contributed by atoms with Crippen molar-refractivity contribution in [2.24, 2.45) is 11.1 Å². The largest absolute Gasteiger partial charge is 0.476 e. The van der Waals surface area contributed by atoms with Crippen LogP contribution < -0.4 is 5.73 Å². The number of carboxylic acid groups (broad SMARTS) is 1. The van der Waals surface area contributed by atoms with E-state index in [4.69, 9.17) is 10.8 Å². The zero-order valence-electron chi connectivity index (χ0n) is 11.7. The molecular weight excluding hydrogens is 274 g/mol. The Hall–Kier alpha value is -1.96. The minimum Gasteiger partial charge on any atom is -0.476 e. The summed E-state index contributed by atoms with van der Waals surface area (Å²) in [5.74, 6) is -0.960. The third-order valence-electron chi connectivity index (χ3n) is 4.69. The van der Waals surface area contributed by atoms with Gasteiger partial charge < -0.3 is 15.7 Å². The van der Waals surface area contributed by atoms with Crippen molar-refractivity contribution in [1.29, 1.82) is 0 Å². The second kappa shape index (κ2) is 5.10. The molecule has 2 aliphatic rings. The lowest BCUT2D eigenvalue weighted by atomic mass is 9.66. The van der Waals surface area contributed by atoms with Crippen molar-refractivity contribution in [3.63, 3.8) is 0 Å². The van der Waals surface area contributed by atoms with Gasteiger partial charge in [0.25, 0.3) is 0 Å². The third-order valence-corrected chi connectivity index (χ3v) is 4.69. The molecule has 0 radical (unpaired) electrons. The predicted molar refractivity (Wildman–Crippen MR) is 72.6 cm³/mol. The Morgan fingerprint density at radius 3 is 2.62 bits per heavy atom. The van der Waals surface area contributed by atoms with Gasteiger partial charge in [-0.3, -0.25) is 4.79 Å². The van der Waals surface area contributed by atoms with Gasteiger partial charge in [0.15, 0.2) is 5.69 Å². The van der Waals surface area contributed by atoms with E-state index in [1.165, 1.54) is 10.9 Å². The minimum atomic E-state index is -1.09. The average Bonchev–Trinajstić information content (AvgIpc) is 2.81. The Morgan fingerprint density at radius 2 is 2.14 bits per heavy atom. The standard InChI is InChI=1S/C13H19N5O3/c14-8-13(2-1-3-13)4-11(19)17-5-9(6-17)18-7-10(12(20)21)15-16-18/h7,9H,1-6,8,14H2,(H,20,21). The van der Waals surface area contributed by atoms with Gasteiger partial charge in [-0.05, 0) is 24.8 Å². The molecule has 8 nitrogen and oxygen atoms in total. The molecule has 1 saturated heterocycles. The van der Waals surface area contributed by atoms with E-state index in [0.29, 0.717) is 26.1 Å². The molecular formula is C13H19N5O3. The van der Waals surface area contributed by atoms with Crippen LogP contribution in [0.3, 0.4) is 0 Å². The fourth-order valence-electron chi connectivity index (χ4n) is 2.94. The molecule has 3 N–H and O–H groups in total. The molecule has 0 spiro atoms. The summed E-state index contributed by atoms with van der Waals surface area (Å²) in [5.41, 5.74) is 5.72. The summed E-state index contributed by atoms with van der Waals surface area (Å²) in [6, 6.07) is 0.0183. The topological polar surface area (TPSA) is 114 Å². The quantitative estimate of drug-likeness (QED) is 0.782. The fraction of sp³-hybridized carbons (Fsp3) is 0.692. The zero-order chi connectivity index (χ0) is 15.0. The van der Waals surface area contributed by atoms with Crippen molar-refractivity contribution in [1.82, 2.24) is 19.9 Å². The maximum atomic E-state index is 12.2. The van der Waals surface area contributed by atoms with Gasteiger partial charge in [0.2, 0.25) is 5.91 Å². The molecule has 0 aromatic carbocycles. The van der Waals surface area contributed by atoms with Gasteiger partial charge in [0.1, 0.15) is 0 Å². The first kappa shape index (κ1) is 14.0. The molecule has 1 saturated carbocycles. The van der Waals surface area contributed by atoms with E-state index < -0.39 is 5.97 Å². The van der Waals surface area contributed by atoms with Crippen molar-refractivity contribution < 1.29 is 14.7 Å². The summed E-state index contributed by atoms with van der Waals surface area (Å²) in [6.07, 6.45) is 5.16. The number of hydrogen-bond acceptors (Lipinski definition) is 5. The SMILES string of the molecule is NCC1(CC(=O)N2CC(n3cc(C(=O)O)nn3)C2)CCC1. The molecule has 2 heterocycles. The molecule has 114 valence electrons. The summed E-state index contributed by atoms with van der Waals surface area (Å²) < 4.78 is 1.52. The summed E-state index contributed by atoms with van der Waals surface area (Å²) in [5, 5.41) is 16.2.